The minimum absolute atomic E-state index is 0.218. The van der Waals surface area contributed by atoms with E-state index in [2.05, 4.69) is 11.0 Å². The van der Waals surface area contributed by atoms with E-state index in [0.717, 1.165) is 50.3 Å². The Bertz CT molecular complexity index is 432. The monoisotopic (exact) mass is 244 g/mol. The molecule has 0 radical (unpaired) electrons. The van der Waals surface area contributed by atoms with E-state index in [1.165, 1.54) is 12.8 Å². The normalized spacial score (nSPS) is 19.6. The van der Waals surface area contributed by atoms with Crippen molar-refractivity contribution >= 4 is 11.6 Å². The van der Waals surface area contributed by atoms with Gasteiger partial charge in [0.25, 0.3) is 5.91 Å². The van der Waals surface area contributed by atoms with Gasteiger partial charge in [-0.1, -0.05) is 12.1 Å². The predicted octanol–water partition coefficient (Wildman–Crippen LogP) is 2.52. The van der Waals surface area contributed by atoms with E-state index in [1.54, 1.807) is 0 Å². The molecule has 1 amide bonds. The Morgan fingerprint density at radius 1 is 0.889 bits per heavy atom. The second kappa shape index (κ2) is 5.01. The smallest absolute Gasteiger partial charge is 0.255 e. The molecule has 1 aromatic carbocycles. The van der Waals surface area contributed by atoms with Crippen LogP contribution in [0, 0.1) is 0 Å². The van der Waals surface area contributed by atoms with Crippen LogP contribution in [0.3, 0.4) is 0 Å². The van der Waals surface area contributed by atoms with Crippen LogP contribution in [0.1, 0.15) is 36.0 Å². The van der Waals surface area contributed by atoms with Crippen LogP contribution in [-0.2, 0) is 0 Å². The van der Waals surface area contributed by atoms with E-state index in [0.29, 0.717) is 0 Å². The number of carbonyl (C=O) groups is 1. The molecule has 0 unspecified atom stereocenters. The molecule has 3 heteroatoms. The third-order valence-corrected chi connectivity index (χ3v) is 3.97. The summed E-state index contributed by atoms with van der Waals surface area (Å²) in [6, 6.07) is 8.08. The molecule has 3 nitrogen and oxygen atoms in total. The topological polar surface area (TPSA) is 23.6 Å². The summed E-state index contributed by atoms with van der Waals surface area (Å²) in [5.74, 6) is 0.218. The summed E-state index contributed by atoms with van der Waals surface area (Å²) >= 11 is 0. The Labute approximate surface area is 108 Å². The lowest BCUT2D eigenvalue weighted by Crippen LogP contribution is -2.30. The molecule has 2 heterocycles. The summed E-state index contributed by atoms with van der Waals surface area (Å²) in [5, 5.41) is 0. The van der Waals surface area contributed by atoms with Gasteiger partial charge in [-0.15, -0.1) is 0 Å². The van der Waals surface area contributed by atoms with E-state index in [1.807, 2.05) is 23.1 Å². The van der Waals surface area contributed by atoms with E-state index in [-0.39, 0.29) is 5.91 Å². The predicted molar refractivity (Wildman–Crippen MR) is 73.0 cm³/mol. The Morgan fingerprint density at radius 3 is 2.22 bits per heavy atom. The Kier molecular flexibility index (Phi) is 3.22. The number of nitrogens with zero attached hydrogens (tertiary/aromatic N) is 2. The first-order valence-electron chi connectivity index (χ1n) is 6.99. The number of amides is 1. The number of hydrogen-bond donors (Lipinski definition) is 0. The van der Waals surface area contributed by atoms with Crippen LogP contribution in [0.2, 0.25) is 0 Å². The van der Waals surface area contributed by atoms with E-state index in [4.69, 9.17) is 0 Å². The molecule has 1 aromatic rings. The molecule has 2 saturated heterocycles. The van der Waals surface area contributed by atoms with Crippen LogP contribution in [0.25, 0.3) is 0 Å². The molecule has 0 aliphatic carbocycles. The number of para-hydroxylation sites is 1. The number of hydrogen-bond acceptors (Lipinski definition) is 2. The molecule has 0 bridgehead atoms. The quantitative estimate of drug-likeness (QED) is 0.798. The second-order valence-electron chi connectivity index (χ2n) is 5.21. The van der Waals surface area contributed by atoms with Crippen LogP contribution in [-0.4, -0.2) is 37.0 Å². The van der Waals surface area contributed by atoms with E-state index < -0.39 is 0 Å². The molecule has 0 spiro atoms. The van der Waals surface area contributed by atoms with E-state index in [9.17, 15) is 4.79 Å². The van der Waals surface area contributed by atoms with Gasteiger partial charge in [-0.25, -0.2) is 0 Å². The molecular formula is C15H20N2O. The van der Waals surface area contributed by atoms with Gasteiger partial charge < -0.3 is 9.80 Å². The van der Waals surface area contributed by atoms with E-state index >= 15 is 0 Å². The van der Waals surface area contributed by atoms with Crippen LogP contribution < -0.4 is 4.90 Å². The number of carbonyl (C=O) groups excluding carboxylic acids is 1. The first-order chi connectivity index (χ1) is 8.86. The van der Waals surface area contributed by atoms with Crippen LogP contribution in [0.15, 0.2) is 24.3 Å². The summed E-state index contributed by atoms with van der Waals surface area (Å²) < 4.78 is 0. The van der Waals surface area contributed by atoms with Crippen molar-refractivity contribution in [2.24, 2.45) is 0 Å². The molecule has 0 N–H and O–H groups in total. The average Bonchev–Trinajstić information content (AvgIpc) is 3.11. The molecule has 18 heavy (non-hydrogen) atoms. The minimum atomic E-state index is 0.218. The molecule has 0 atom stereocenters. The van der Waals surface area contributed by atoms with Crippen molar-refractivity contribution < 1.29 is 4.79 Å². The lowest BCUT2D eigenvalue weighted by atomic mass is 10.1. The van der Waals surface area contributed by atoms with Crippen molar-refractivity contribution in [1.82, 2.24) is 4.90 Å². The first kappa shape index (κ1) is 11.6. The highest BCUT2D eigenvalue weighted by atomic mass is 16.2. The maximum atomic E-state index is 12.5. The number of benzene rings is 1. The highest BCUT2D eigenvalue weighted by Gasteiger charge is 2.24. The molecule has 0 saturated carbocycles. The zero-order valence-corrected chi connectivity index (χ0v) is 10.8. The second-order valence-corrected chi connectivity index (χ2v) is 5.21. The highest BCUT2D eigenvalue weighted by molar-refractivity contribution is 6.00. The fraction of sp³-hybridized carbons (Fsp3) is 0.533. The third-order valence-electron chi connectivity index (χ3n) is 3.97. The summed E-state index contributed by atoms with van der Waals surface area (Å²) in [6.07, 6.45) is 4.79. The van der Waals surface area contributed by atoms with Crippen molar-refractivity contribution in [3.63, 3.8) is 0 Å². The maximum absolute atomic E-state index is 12.5. The molecule has 0 aromatic heterocycles. The van der Waals surface area contributed by atoms with Gasteiger partial charge in [-0.2, -0.15) is 0 Å². The summed E-state index contributed by atoms with van der Waals surface area (Å²) in [6.45, 7) is 4.02. The van der Waals surface area contributed by atoms with Gasteiger partial charge in [0.15, 0.2) is 0 Å². The SMILES string of the molecule is O=C(c1ccccc1N1CCCC1)N1CCCC1. The zero-order chi connectivity index (χ0) is 12.4. The van der Waals surface area contributed by atoms with Crippen molar-refractivity contribution in [3.8, 4) is 0 Å². The van der Waals surface area contributed by atoms with Crippen molar-refractivity contribution in [3.05, 3.63) is 29.8 Å². The largest absolute Gasteiger partial charge is 0.371 e. The number of likely N-dealkylation sites (tertiary alicyclic amines) is 1. The van der Waals surface area contributed by atoms with Gasteiger partial charge in [-0.05, 0) is 37.8 Å². The summed E-state index contributed by atoms with van der Waals surface area (Å²) in [5.41, 5.74) is 2.02. The van der Waals surface area contributed by atoms with Gasteiger partial charge in [0.05, 0.1) is 5.56 Å². The fourth-order valence-electron chi connectivity index (χ4n) is 2.98. The van der Waals surface area contributed by atoms with Gasteiger partial charge in [0, 0.05) is 31.9 Å². The molecular weight excluding hydrogens is 224 g/mol. The number of rotatable bonds is 2. The lowest BCUT2D eigenvalue weighted by molar-refractivity contribution is 0.0793. The van der Waals surface area contributed by atoms with Gasteiger partial charge >= 0.3 is 0 Å². The first-order valence-corrected chi connectivity index (χ1v) is 6.99. The lowest BCUT2D eigenvalue weighted by Gasteiger charge is -2.23. The summed E-state index contributed by atoms with van der Waals surface area (Å²) in [7, 11) is 0. The van der Waals surface area contributed by atoms with Gasteiger partial charge in [-0.3, -0.25) is 4.79 Å². The summed E-state index contributed by atoms with van der Waals surface area (Å²) in [4.78, 5) is 16.9. The highest BCUT2D eigenvalue weighted by Crippen LogP contribution is 2.26. The van der Waals surface area contributed by atoms with Crippen LogP contribution in [0.5, 0.6) is 0 Å². The average molecular weight is 244 g/mol. The molecule has 2 aliphatic rings. The standard InChI is InChI=1S/C15H20N2O/c18-15(17-11-5-6-12-17)13-7-1-2-8-14(13)16-9-3-4-10-16/h1-2,7-8H,3-6,9-12H2. The maximum Gasteiger partial charge on any atom is 0.255 e. The third kappa shape index (κ3) is 2.09. The Balaban J connectivity index is 1.88. The minimum Gasteiger partial charge on any atom is -0.371 e. The van der Waals surface area contributed by atoms with Crippen molar-refractivity contribution in [2.45, 2.75) is 25.7 Å². The molecule has 96 valence electrons. The molecule has 2 aliphatic heterocycles. The Hall–Kier alpha value is -1.51. The van der Waals surface area contributed by atoms with Crippen molar-refractivity contribution in [1.29, 1.82) is 0 Å². The Morgan fingerprint density at radius 2 is 1.50 bits per heavy atom. The zero-order valence-electron chi connectivity index (χ0n) is 10.8. The van der Waals surface area contributed by atoms with Crippen molar-refractivity contribution in [2.75, 3.05) is 31.1 Å². The number of anilines is 1. The van der Waals surface area contributed by atoms with Gasteiger partial charge in [0.1, 0.15) is 0 Å². The molecule has 2 fully saturated rings. The van der Waals surface area contributed by atoms with Gasteiger partial charge in [0.2, 0.25) is 0 Å². The van der Waals surface area contributed by atoms with Crippen LogP contribution >= 0.6 is 0 Å². The molecule has 3 rings (SSSR count). The fourth-order valence-corrected chi connectivity index (χ4v) is 2.98. The van der Waals surface area contributed by atoms with Crippen LogP contribution in [0.4, 0.5) is 5.69 Å².